The molecule has 0 spiro atoms. The minimum absolute atomic E-state index is 0.698. The summed E-state index contributed by atoms with van der Waals surface area (Å²) >= 11 is 1.90. The molecule has 1 atom stereocenters. The van der Waals surface area contributed by atoms with Crippen LogP contribution in [0.4, 0.5) is 11.4 Å². The fraction of sp³-hybridized carbons (Fsp3) is 0.500. The van der Waals surface area contributed by atoms with E-state index in [0.717, 1.165) is 24.3 Å². The van der Waals surface area contributed by atoms with Crippen molar-refractivity contribution in [1.82, 2.24) is 0 Å². The predicted octanol–water partition coefficient (Wildman–Crippen LogP) is 3.13. The van der Waals surface area contributed by atoms with E-state index in [1.807, 2.05) is 23.9 Å². The predicted molar refractivity (Wildman–Crippen MR) is 71.7 cm³/mol. The van der Waals surface area contributed by atoms with Crippen molar-refractivity contribution in [2.24, 2.45) is 0 Å². The largest absolute Gasteiger partial charge is 0.397 e. The standard InChI is InChI=1S/C12H20N2S/c1-9-4-5-11(13)12(8-9)14-7-6-10(2)15-3/h4-5,8,10,14H,6-7,13H2,1-3H3. The maximum atomic E-state index is 5.87. The summed E-state index contributed by atoms with van der Waals surface area (Å²) in [6.07, 6.45) is 3.31. The molecule has 0 aromatic heterocycles. The Labute approximate surface area is 96.6 Å². The molecular formula is C12H20N2S. The first kappa shape index (κ1) is 12.2. The molecule has 0 fully saturated rings. The Morgan fingerprint density at radius 2 is 2.20 bits per heavy atom. The zero-order valence-electron chi connectivity index (χ0n) is 9.71. The molecule has 15 heavy (non-hydrogen) atoms. The van der Waals surface area contributed by atoms with Crippen molar-refractivity contribution in [1.29, 1.82) is 0 Å². The summed E-state index contributed by atoms with van der Waals surface area (Å²) < 4.78 is 0. The van der Waals surface area contributed by atoms with Gasteiger partial charge in [-0.05, 0) is 37.3 Å². The van der Waals surface area contributed by atoms with Crippen LogP contribution in [0.2, 0.25) is 0 Å². The first-order valence-electron chi connectivity index (χ1n) is 5.26. The number of hydrogen-bond donors (Lipinski definition) is 2. The monoisotopic (exact) mass is 224 g/mol. The number of aryl methyl sites for hydroxylation is 1. The number of benzene rings is 1. The van der Waals surface area contributed by atoms with E-state index in [9.17, 15) is 0 Å². The minimum atomic E-state index is 0.698. The molecule has 84 valence electrons. The van der Waals surface area contributed by atoms with Gasteiger partial charge in [-0.3, -0.25) is 0 Å². The van der Waals surface area contributed by atoms with Crippen molar-refractivity contribution in [3.63, 3.8) is 0 Å². The lowest BCUT2D eigenvalue weighted by atomic mass is 10.2. The molecule has 1 aromatic rings. The second kappa shape index (κ2) is 5.91. The van der Waals surface area contributed by atoms with Crippen LogP contribution in [0.15, 0.2) is 18.2 Å². The van der Waals surface area contributed by atoms with Gasteiger partial charge in [-0.2, -0.15) is 11.8 Å². The number of hydrogen-bond acceptors (Lipinski definition) is 3. The molecule has 0 saturated heterocycles. The van der Waals surface area contributed by atoms with Gasteiger partial charge in [-0.15, -0.1) is 0 Å². The van der Waals surface area contributed by atoms with Crippen LogP contribution in [0.3, 0.4) is 0 Å². The molecule has 1 aromatic carbocycles. The molecule has 1 unspecified atom stereocenters. The van der Waals surface area contributed by atoms with Crippen LogP contribution in [-0.2, 0) is 0 Å². The lowest BCUT2D eigenvalue weighted by molar-refractivity contribution is 0.854. The molecule has 3 heteroatoms. The minimum Gasteiger partial charge on any atom is -0.397 e. The molecule has 0 radical (unpaired) electrons. The molecule has 0 heterocycles. The smallest absolute Gasteiger partial charge is 0.0576 e. The molecule has 1 rings (SSSR count). The van der Waals surface area contributed by atoms with E-state index in [0.29, 0.717) is 5.25 Å². The summed E-state index contributed by atoms with van der Waals surface area (Å²) in [5.74, 6) is 0. The van der Waals surface area contributed by atoms with E-state index >= 15 is 0 Å². The molecule has 3 N–H and O–H groups in total. The Morgan fingerprint density at radius 1 is 1.47 bits per heavy atom. The van der Waals surface area contributed by atoms with Crippen molar-refractivity contribution in [3.8, 4) is 0 Å². The van der Waals surface area contributed by atoms with Crippen molar-refractivity contribution >= 4 is 23.1 Å². The van der Waals surface area contributed by atoms with E-state index in [2.05, 4.69) is 31.5 Å². The highest BCUT2D eigenvalue weighted by atomic mass is 32.2. The Kier molecular flexibility index (Phi) is 4.82. The SMILES string of the molecule is CSC(C)CCNc1cc(C)ccc1N. The fourth-order valence-corrected chi connectivity index (χ4v) is 1.70. The molecule has 0 aliphatic rings. The third-order valence-electron chi connectivity index (χ3n) is 2.48. The summed E-state index contributed by atoms with van der Waals surface area (Å²) in [7, 11) is 0. The van der Waals surface area contributed by atoms with Crippen LogP contribution in [0.1, 0.15) is 18.9 Å². The average Bonchev–Trinajstić information content (AvgIpc) is 2.23. The first-order valence-corrected chi connectivity index (χ1v) is 6.55. The Morgan fingerprint density at radius 3 is 2.87 bits per heavy atom. The molecule has 0 bridgehead atoms. The number of nitrogens with one attached hydrogen (secondary N) is 1. The second-order valence-corrected chi connectivity index (χ2v) is 5.13. The van der Waals surface area contributed by atoms with Crippen molar-refractivity contribution < 1.29 is 0 Å². The maximum absolute atomic E-state index is 5.87. The first-order chi connectivity index (χ1) is 7.13. The van der Waals surface area contributed by atoms with E-state index in [4.69, 9.17) is 5.73 Å². The van der Waals surface area contributed by atoms with Gasteiger partial charge in [0.1, 0.15) is 0 Å². The van der Waals surface area contributed by atoms with Crippen LogP contribution in [0, 0.1) is 6.92 Å². The van der Waals surface area contributed by atoms with Gasteiger partial charge in [0, 0.05) is 11.8 Å². The van der Waals surface area contributed by atoms with Gasteiger partial charge in [0.05, 0.1) is 11.4 Å². The van der Waals surface area contributed by atoms with Crippen molar-refractivity contribution in [2.75, 3.05) is 23.9 Å². The van der Waals surface area contributed by atoms with Gasteiger partial charge in [0.15, 0.2) is 0 Å². The fourth-order valence-electron chi connectivity index (χ4n) is 1.35. The highest BCUT2D eigenvalue weighted by molar-refractivity contribution is 7.99. The lowest BCUT2D eigenvalue weighted by Crippen LogP contribution is -2.09. The van der Waals surface area contributed by atoms with Gasteiger partial charge in [0.2, 0.25) is 0 Å². The molecule has 0 saturated carbocycles. The van der Waals surface area contributed by atoms with E-state index in [-0.39, 0.29) is 0 Å². The van der Waals surface area contributed by atoms with Crippen LogP contribution in [0.5, 0.6) is 0 Å². The lowest BCUT2D eigenvalue weighted by Gasteiger charge is -2.12. The third-order valence-corrected chi connectivity index (χ3v) is 3.52. The summed E-state index contributed by atoms with van der Waals surface area (Å²) in [5, 5.41) is 4.08. The van der Waals surface area contributed by atoms with Crippen LogP contribution in [-0.4, -0.2) is 18.1 Å². The zero-order chi connectivity index (χ0) is 11.3. The molecule has 2 nitrogen and oxygen atoms in total. The van der Waals surface area contributed by atoms with E-state index in [1.165, 1.54) is 5.56 Å². The van der Waals surface area contributed by atoms with E-state index < -0.39 is 0 Å². The third kappa shape index (κ3) is 4.04. The quantitative estimate of drug-likeness (QED) is 0.755. The second-order valence-electron chi connectivity index (χ2n) is 3.85. The van der Waals surface area contributed by atoms with Gasteiger partial charge in [-0.1, -0.05) is 13.0 Å². The maximum Gasteiger partial charge on any atom is 0.0576 e. The topological polar surface area (TPSA) is 38.0 Å². The molecule has 0 amide bonds. The highest BCUT2D eigenvalue weighted by Crippen LogP contribution is 2.20. The molecular weight excluding hydrogens is 204 g/mol. The van der Waals surface area contributed by atoms with Gasteiger partial charge in [-0.25, -0.2) is 0 Å². The summed E-state index contributed by atoms with van der Waals surface area (Å²) in [4.78, 5) is 0. The zero-order valence-corrected chi connectivity index (χ0v) is 10.5. The van der Waals surface area contributed by atoms with Gasteiger partial charge in [0.25, 0.3) is 0 Å². The highest BCUT2D eigenvalue weighted by Gasteiger charge is 2.01. The van der Waals surface area contributed by atoms with Crippen LogP contribution >= 0.6 is 11.8 Å². The Balaban J connectivity index is 2.46. The molecule has 0 aliphatic carbocycles. The average molecular weight is 224 g/mol. The van der Waals surface area contributed by atoms with Crippen molar-refractivity contribution in [3.05, 3.63) is 23.8 Å². The van der Waals surface area contributed by atoms with Crippen molar-refractivity contribution in [2.45, 2.75) is 25.5 Å². The summed E-state index contributed by atoms with van der Waals surface area (Å²) in [5.41, 5.74) is 9.00. The number of nitrogen functional groups attached to an aromatic ring is 1. The number of anilines is 2. The summed E-state index contributed by atoms with van der Waals surface area (Å²) in [6, 6.07) is 6.08. The summed E-state index contributed by atoms with van der Waals surface area (Å²) in [6.45, 7) is 5.30. The number of rotatable bonds is 5. The van der Waals surface area contributed by atoms with Crippen LogP contribution in [0.25, 0.3) is 0 Å². The van der Waals surface area contributed by atoms with E-state index in [1.54, 1.807) is 0 Å². The Hall–Kier alpha value is -0.830. The van der Waals surface area contributed by atoms with Gasteiger partial charge < -0.3 is 11.1 Å². The van der Waals surface area contributed by atoms with Gasteiger partial charge >= 0.3 is 0 Å². The number of thioether (sulfide) groups is 1. The molecule has 0 aliphatic heterocycles. The van der Waals surface area contributed by atoms with Crippen LogP contribution < -0.4 is 11.1 Å². The Bertz CT molecular complexity index is 312. The normalized spacial score (nSPS) is 12.5. The number of nitrogens with two attached hydrogens (primary N) is 1.